The fraction of sp³-hybridized carbons (Fsp3) is 0.625. The number of H-pyrrole nitrogens is 1. The first-order chi connectivity index (χ1) is 5.08. The molecule has 0 atom stereocenters. The van der Waals surface area contributed by atoms with Crippen molar-refractivity contribution in [2.24, 2.45) is 5.73 Å². The van der Waals surface area contributed by atoms with Gasteiger partial charge in [-0.15, -0.1) is 0 Å². The standard InChI is InChI=1S/C8H15N3/c1-8(2,9)5-3-7-4-6-10-11-7/h4,6H,3,5,9H2,1-2H3,(H,10,11). The Hall–Kier alpha value is -0.830. The maximum atomic E-state index is 5.82. The molecule has 0 spiro atoms. The average Bonchev–Trinajstić information content (AvgIpc) is 2.32. The van der Waals surface area contributed by atoms with Gasteiger partial charge in [0.25, 0.3) is 0 Å². The molecule has 0 saturated carbocycles. The van der Waals surface area contributed by atoms with Crippen LogP contribution >= 0.6 is 0 Å². The third-order valence-corrected chi connectivity index (χ3v) is 1.60. The third kappa shape index (κ3) is 3.18. The number of nitrogens with two attached hydrogens (primary N) is 1. The van der Waals surface area contributed by atoms with E-state index in [-0.39, 0.29) is 5.54 Å². The van der Waals surface area contributed by atoms with Crippen LogP contribution in [0.2, 0.25) is 0 Å². The van der Waals surface area contributed by atoms with E-state index in [4.69, 9.17) is 5.73 Å². The van der Waals surface area contributed by atoms with Gasteiger partial charge in [0.05, 0.1) is 0 Å². The Bertz CT molecular complexity index is 196. The second-order valence-corrected chi connectivity index (χ2v) is 3.57. The van der Waals surface area contributed by atoms with Crippen LogP contribution in [0.15, 0.2) is 12.3 Å². The van der Waals surface area contributed by atoms with Gasteiger partial charge in [-0.2, -0.15) is 5.10 Å². The lowest BCUT2D eigenvalue weighted by atomic mass is 9.99. The normalized spacial score (nSPS) is 11.9. The van der Waals surface area contributed by atoms with Gasteiger partial charge < -0.3 is 5.73 Å². The van der Waals surface area contributed by atoms with Gasteiger partial charge in [-0.25, -0.2) is 0 Å². The van der Waals surface area contributed by atoms with Crippen LogP contribution in [0.3, 0.4) is 0 Å². The van der Waals surface area contributed by atoms with Crippen LogP contribution < -0.4 is 5.73 Å². The molecule has 1 heterocycles. The minimum Gasteiger partial charge on any atom is -0.326 e. The Balaban J connectivity index is 2.35. The first-order valence-electron chi connectivity index (χ1n) is 3.85. The Morgan fingerprint density at radius 1 is 1.64 bits per heavy atom. The van der Waals surface area contributed by atoms with Crippen LogP contribution in [0, 0.1) is 0 Å². The first kappa shape index (κ1) is 8.27. The molecule has 0 aromatic carbocycles. The largest absolute Gasteiger partial charge is 0.326 e. The molecular weight excluding hydrogens is 138 g/mol. The zero-order chi connectivity index (χ0) is 8.32. The third-order valence-electron chi connectivity index (χ3n) is 1.60. The van der Waals surface area contributed by atoms with Crippen molar-refractivity contribution < 1.29 is 0 Å². The Morgan fingerprint density at radius 2 is 2.36 bits per heavy atom. The van der Waals surface area contributed by atoms with Gasteiger partial charge in [-0.3, -0.25) is 5.10 Å². The maximum absolute atomic E-state index is 5.82. The van der Waals surface area contributed by atoms with E-state index in [1.165, 1.54) is 0 Å². The van der Waals surface area contributed by atoms with Crippen molar-refractivity contribution in [2.45, 2.75) is 32.2 Å². The predicted molar refractivity (Wildman–Crippen MR) is 45.2 cm³/mol. The van der Waals surface area contributed by atoms with Gasteiger partial charge in [0.2, 0.25) is 0 Å². The monoisotopic (exact) mass is 153 g/mol. The second kappa shape index (κ2) is 3.05. The highest BCUT2D eigenvalue weighted by molar-refractivity contribution is 4.98. The zero-order valence-electron chi connectivity index (χ0n) is 7.09. The number of nitrogens with one attached hydrogen (secondary N) is 1. The first-order valence-corrected chi connectivity index (χ1v) is 3.85. The van der Waals surface area contributed by atoms with E-state index in [1.807, 2.05) is 19.9 Å². The summed E-state index contributed by atoms with van der Waals surface area (Å²) in [7, 11) is 0. The minimum absolute atomic E-state index is 0.0783. The fourth-order valence-corrected chi connectivity index (χ4v) is 0.881. The van der Waals surface area contributed by atoms with Crippen LogP contribution in [0.4, 0.5) is 0 Å². The van der Waals surface area contributed by atoms with Crippen molar-refractivity contribution in [2.75, 3.05) is 0 Å². The zero-order valence-corrected chi connectivity index (χ0v) is 7.09. The van der Waals surface area contributed by atoms with Crippen molar-refractivity contribution in [3.8, 4) is 0 Å². The molecule has 3 nitrogen and oxygen atoms in total. The summed E-state index contributed by atoms with van der Waals surface area (Å²) < 4.78 is 0. The molecule has 0 amide bonds. The lowest BCUT2D eigenvalue weighted by Crippen LogP contribution is -2.32. The van der Waals surface area contributed by atoms with E-state index in [0.29, 0.717) is 0 Å². The molecule has 0 aliphatic carbocycles. The maximum Gasteiger partial charge on any atom is 0.0490 e. The topological polar surface area (TPSA) is 54.7 Å². The van der Waals surface area contributed by atoms with E-state index < -0.39 is 0 Å². The van der Waals surface area contributed by atoms with Gasteiger partial charge in [-0.05, 0) is 32.8 Å². The molecule has 1 rings (SSSR count). The number of rotatable bonds is 3. The summed E-state index contributed by atoms with van der Waals surface area (Å²) in [5.41, 5.74) is 6.90. The van der Waals surface area contributed by atoms with E-state index in [0.717, 1.165) is 18.5 Å². The second-order valence-electron chi connectivity index (χ2n) is 3.57. The van der Waals surface area contributed by atoms with Crippen molar-refractivity contribution in [3.63, 3.8) is 0 Å². The van der Waals surface area contributed by atoms with Crippen molar-refractivity contribution in [3.05, 3.63) is 18.0 Å². The highest BCUT2D eigenvalue weighted by Crippen LogP contribution is 2.07. The number of nitrogens with zero attached hydrogens (tertiary/aromatic N) is 1. The minimum atomic E-state index is -0.0783. The van der Waals surface area contributed by atoms with Crippen LogP contribution in [0.25, 0.3) is 0 Å². The summed E-state index contributed by atoms with van der Waals surface area (Å²) in [4.78, 5) is 0. The summed E-state index contributed by atoms with van der Waals surface area (Å²) >= 11 is 0. The molecule has 1 aromatic heterocycles. The summed E-state index contributed by atoms with van der Waals surface area (Å²) in [5.74, 6) is 0. The molecule has 0 saturated heterocycles. The number of hydrogen-bond donors (Lipinski definition) is 2. The van der Waals surface area contributed by atoms with E-state index in [1.54, 1.807) is 6.20 Å². The molecule has 3 heteroatoms. The number of aromatic nitrogens is 2. The number of aryl methyl sites for hydroxylation is 1. The van der Waals surface area contributed by atoms with E-state index in [9.17, 15) is 0 Å². The Kier molecular flexibility index (Phi) is 2.29. The van der Waals surface area contributed by atoms with Gasteiger partial charge in [0, 0.05) is 17.4 Å². The Morgan fingerprint density at radius 3 is 2.82 bits per heavy atom. The molecule has 0 bridgehead atoms. The van der Waals surface area contributed by atoms with E-state index >= 15 is 0 Å². The van der Waals surface area contributed by atoms with Crippen molar-refractivity contribution >= 4 is 0 Å². The highest BCUT2D eigenvalue weighted by atomic mass is 15.1. The van der Waals surface area contributed by atoms with Gasteiger partial charge in [-0.1, -0.05) is 0 Å². The SMILES string of the molecule is CC(C)(N)CCc1ccn[nH]1. The Labute approximate surface area is 67.0 Å². The van der Waals surface area contributed by atoms with Gasteiger partial charge in [0.15, 0.2) is 0 Å². The van der Waals surface area contributed by atoms with Crippen LogP contribution in [-0.4, -0.2) is 15.7 Å². The number of aromatic amines is 1. The molecule has 0 aliphatic heterocycles. The molecule has 62 valence electrons. The predicted octanol–water partition coefficient (Wildman–Crippen LogP) is 1.08. The molecule has 1 aromatic rings. The molecule has 11 heavy (non-hydrogen) atoms. The summed E-state index contributed by atoms with van der Waals surface area (Å²) in [6.45, 7) is 4.06. The molecule has 0 fully saturated rings. The lowest BCUT2D eigenvalue weighted by Gasteiger charge is -2.16. The summed E-state index contributed by atoms with van der Waals surface area (Å²) in [6, 6.07) is 1.98. The summed E-state index contributed by atoms with van der Waals surface area (Å²) in [6.07, 6.45) is 3.72. The lowest BCUT2D eigenvalue weighted by molar-refractivity contribution is 0.474. The smallest absolute Gasteiger partial charge is 0.0490 e. The molecule has 0 radical (unpaired) electrons. The molecule has 0 unspecified atom stereocenters. The van der Waals surface area contributed by atoms with Gasteiger partial charge in [0.1, 0.15) is 0 Å². The quantitative estimate of drug-likeness (QED) is 0.682. The summed E-state index contributed by atoms with van der Waals surface area (Å²) in [5, 5.41) is 6.76. The van der Waals surface area contributed by atoms with Crippen molar-refractivity contribution in [1.82, 2.24) is 10.2 Å². The van der Waals surface area contributed by atoms with Crippen LogP contribution in [0.5, 0.6) is 0 Å². The fourth-order valence-electron chi connectivity index (χ4n) is 0.881. The van der Waals surface area contributed by atoms with E-state index in [2.05, 4.69) is 10.2 Å². The highest BCUT2D eigenvalue weighted by Gasteiger charge is 2.10. The van der Waals surface area contributed by atoms with Crippen molar-refractivity contribution in [1.29, 1.82) is 0 Å². The molecular formula is C8H15N3. The van der Waals surface area contributed by atoms with Crippen LogP contribution in [-0.2, 0) is 6.42 Å². The number of hydrogen-bond acceptors (Lipinski definition) is 2. The average molecular weight is 153 g/mol. The van der Waals surface area contributed by atoms with Gasteiger partial charge >= 0.3 is 0 Å². The van der Waals surface area contributed by atoms with Crippen LogP contribution in [0.1, 0.15) is 26.0 Å². The molecule has 0 aliphatic rings. The molecule has 3 N–H and O–H groups in total.